The third-order valence-corrected chi connectivity index (χ3v) is 4.32. The lowest BCUT2D eigenvalue weighted by Gasteiger charge is -2.24. The van der Waals surface area contributed by atoms with Crippen LogP contribution in [0.25, 0.3) is 0 Å². The smallest absolute Gasteiger partial charge is 0.231 e. The van der Waals surface area contributed by atoms with Crippen molar-refractivity contribution in [1.29, 1.82) is 0 Å². The highest BCUT2D eigenvalue weighted by Gasteiger charge is 2.27. The molecule has 5 nitrogen and oxygen atoms in total. The Kier molecular flexibility index (Phi) is 3.27. The highest BCUT2D eigenvalue weighted by atomic mass is 16.7. The molecular formula is C16H19N3O2. The number of nitrogens with zero attached hydrogens (tertiary/aromatic N) is 3. The molecule has 1 aromatic heterocycles. The monoisotopic (exact) mass is 285 g/mol. The van der Waals surface area contributed by atoms with Crippen molar-refractivity contribution in [1.82, 2.24) is 14.7 Å². The largest absolute Gasteiger partial charge is 0.454 e. The third-order valence-electron chi connectivity index (χ3n) is 4.32. The lowest BCUT2D eigenvalue weighted by atomic mass is 10.0. The van der Waals surface area contributed by atoms with Crippen LogP contribution in [0.3, 0.4) is 0 Å². The van der Waals surface area contributed by atoms with Crippen molar-refractivity contribution in [3.63, 3.8) is 0 Å². The first-order chi connectivity index (χ1) is 10.4. The first-order valence-electron chi connectivity index (χ1n) is 7.51. The molecule has 1 unspecified atom stereocenters. The van der Waals surface area contributed by atoms with Gasteiger partial charge >= 0.3 is 0 Å². The van der Waals surface area contributed by atoms with Gasteiger partial charge < -0.3 is 9.47 Å². The molecule has 2 aliphatic rings. The summed E-state index contributed by atoms with van der Waals surface area (Å²) in [5, 5.41) is 4.28. The maximum Gasteiger partial charge on any atom is 0.231 e. The number of hydrogen-bond donors (Lipinski definition) is 0. The van der Waals surface area contributed by atoms with Gasteiger partial charge in [-0.2, -0.15) is 5.10 Å². The van der Waals surface area contributed by atoms with Gasteiger partial charge in [0.05, 0.1) is 6.54 Å². The molecule has 0 radical (unpaired) electrons. The fraction of sp³-hybridized carbons (Fsp3) is 0.438. The molecule has 3 heterocycles. The molecule has 1 saturated heterocycles. The van der Waals surface area contributed by atoms with Gasteiger partial charge in [-0.25, -0.2) is 0 Å². The Labute approximate surface area is 124 Å². The van der Waals surface area contributed by atoms with Gasteiger partial charge in [0.1, 0.15) is 0 Å². The molecule has 1 atom stereocenters. The first-order valence-corrected chi connectivity index (χ1v) is 7.51. The van der Waals surface area contributed by atoms with Crippen molar-refractivity contribution in [2.24, 2.45) is 0 Å². The molecular weight excluding hydrogens is 266 g/mol. The van der Waals surface area contributed by atoms with Crippen molar-refractivity contribution in [3.8, 4) is 11.5 Å². The van der Waals surface area contributed by atoms with Crippen LogP contribution >= 0.6 is 0 Å². The van der Waals surface area contributed by atoms with Gasteiger partial charge in [-0.1, -0.05) is 6.07 Å². The molecule has 110 valence electrons. The van der Waals surface area contributed by atoms with Gasteiger partial charge in [-0.05, 0) is 43.1 Å². The minimum absolute atomic E-state index is 0.340. The molecule has 2 aromatic rings. The fourth-order valence-corrected chi connectivity index (χ4v) is 3.26. The van der Waals surface area contributed by atoms with Crippen molar-refractivity contribution in [2.75, 3.05) is 19.9 Å². The summed E-state index contributed by atoms with van der Waals surface area (Å²) in [6.07, 6.45) is 6.31. The quantitative estimate of drug-likeness (QED) is 0.865. The van der Waals surface area contributed by atoms with Crippen molar-refractivity contribution >= 4 is 0 Å². The summed E-state index contributed by atoms with van der Waals surface area (Å²) < 4.78 is 12.9. The summed E-state index contributed by atoms with van der Waals surface area (Å²) in [5.41, 5.74) is 1.33. The van der Waals surface area contributed by atoms with Crippen LogP contribution in [0.4, 0.5) is 0 Å². The normalized spacial score (nSPS) is 21.0. The van der Waals surface area contributed by atoms with E-state index in [0.717, 1.165) is 31.1 Å². The highest BCUT2D eigenvalue weighted by molar-refractivity contribution is 5.45. The summed E-state index contributed by atoms with van der Waals surface area (Å²) in [5.74, 6) is 1.74. The van der Waals surface area contributed by atoms with Crippen LogP contribution in [0, 0.1) is 0 Å². The van der Waals surface area contributed by atoms with Gasteiger partial charge in [0.2, 0.25) is 6.79 Å². The fourth-order valence-electron chi connectivity index (χ4n) is 3.26. The molecule has 0 spiro atoms. The average Bonchev–Trinajstić information content (AvgIpc) is 3.24. The molecule has 4 rings (SSSR count). The summed E-state index contributed by atoms with van der Waals surface area (Å²) in [6.45, 7) is 3.46. The minimum Gasteiger partial charge on any atom is -0.454 e. The summed E-state index contributed by atoms with van der Waals surface area (Å²) in [7, 11) is 0. The predicted octanol–water partition coefficient (Wildman–Crippen LogP) is 2.45. The van der Waals surface area contributed by atoms with E-state index in [1.54, 1.807) is 0 Å². The van der Waals surface area contributed by atoms with Gasteiger partial charge in [0.15, 0.2) is 11.5 Å². The Morgan fingerprint density at radius 1 is 1.19 bits per heavy atom. The van der Waals surface area contributed by atoms with Gasteiger partial charge in [-0.3, -0.25) is 9.58 Å². The predicted molar refractivity (Wildman–Crippen MR) is 78.3 cm³/mol. The molecule has 21 heavy (non-hydrogen) atoms. The second kappa shape index (κ2) is 5.41. The maximum absolute atomic E-state index is 5.50. The Balaban J connectivity index is 1.48. The van der Waals surface area contributed by atoms with Crippen LogP contribution < -0.4 is 9.47 Å². The number of aromatic nitrogens is 2. The maximum atomic E-state index is 5.50. The van der Waals surface area contributed by atoms with Crippen molar-refractivity contribution in [3.05, 3.63) is 42.2 Å². The molecule has 2 aliphatic heterocycles. The van der Waals surface area contributed by atoms with E-state index < -0.39 is 0 Å². The number of ether oxygens (including phenoxy) is 2. The number of fused-ring (bicyclic) bond motifs is 1. The summed E-state index contributed by atoms with van der Waals surface area (Å²) in [6, 6.07) is 8.79. The first kappa shape index (κ1) is 12.7. The van der Waals surface area contributed by atoms with Crippen molar-refractivity contribution < 1.29 is 9.47 Å². The number of rotatable bonds is 4. The Morgan fingerprint density at radius 2 is 2.14 bits per heavy atom. The second-order valence-corrected chi connectivity index (χ2v) is 5.58. The third kappa shape index (κ3) is 2.49. The van der Waals surface area contributed by atoms with E-state index in [1.165, 1.54) is 18.4 Å². The van der Waals surface area contributed by atoms with E-state index in [1.807, 2.05) is 29.2 Å². The van der Waals surface area contributed by atoms with Gasteiger partial charge in [-0.15, -0.1) is 0 Å². The van der Waals surface area contributed by atoms with Crippen molar-refractivity contribution in [2.45, 2.75) is 25.4 Å². The molecule has 0 saturated carbocycles. The highest BCUT2D eigenvalue weighted by Crippen LogP contribution is 2.38. The topological polar surface area (TPSA) is 39.5 Å². The van der Waals surface area contributed by atoms with Crippen LogP contribution in [0.1, 0.15) is 24.4 Å². The van der Waals surface area contributed by atoms with E-state index in [2.05, 4.69) is 22.1 Å². The van der Waals surface area contributed by atoms with Crippen LogP contribution in [0.5, 0.6) is 11.5 Å². The number of hydrogen-bond acceptors (Lipinski definition) is 4. The van der Waals surface area contributed by atoms with E-state index in [0.29, 0.717) is 12.8 Å². The molecule has 0 amide bonds. The van der Waals surface area contributed by atoms with E-state index in [9.17, 15) is 0 Å². The van der Waals surface area contributed by atoms with Gasteiger partial charge in [0.25, 0.3) is 0 Å². The van der Waals surface area contributed by atoms with Gasteiger partial charge in [0, 0.05) is 25.0 Å². The standard InChI is InChI=1S/C16H19N3O2/c1-3-14(13-4-5-15-16(11-13)21-12-20-15)18(7-1)9-10-19-8-2-6-17-19/h2,4-6,8,11,14H,1,3,7,9-10,12H2. The average molecular weight is 285 g/mol. The molecule has 0 bridgehead atoms. The molecule has 1 fully saturated rings. The minimum atomic E-state index is 0.340. The molecule has 5 heteroatoms. The Morgan fingerprint density at radius 3 is 3.05 bits per heavy atom. The lowest BCUT2D eigenvalue weighted by molar-refractivity contribution is 0.173. The molecule has 1 aromatic carbocycles. The zero-order valence-corrected chi connectivity index (χ0v) is 11.9. The molecule has 0 N–H and O–H groups in total. The van der Waals surface area contributed by atoms with E-state index in [-0.39, 0.29) is 0 Å². The second-order valence-electron chi connectivity index (χ2n) is 5.58. The summed E-state index contributed by atoms with van der Waals surface area (Å²) in [4.78, 5) is 2.54. The van der Waals surface area contributed by atoms with Crippen LogP contribution in [-0.2, 0) is 6.54 Å². The zero-order valence-electron chi connectivity index (χ0n) is 11.9. The number of likely N-dealkylation sites (tertiary alicyclic amines) is 1. The van der Waals surface area contributed by atoms with Crippen LogP contribution in [-0.4, -0.2) is 34.6 Å². The lowest BCUT2D eigenvalue weighted by Crippen LogP contribution is -2.27. The SMILES string of the molecule is c1cnn(CCN2CCCC2c2ccc3c(c2)OCO3)c1. The van der Waals surface area contributed by atoms with E-state index in [4.69, 9.17) is 9.47 Å². The zero-order chi connectivity index (χ0) is 14.1. The Hall–Kier alpha value is -2.01. The molecule has 0 aliphatic carbocycles. The van der Waals surface area contributed by atoms with Crippen LogP contribution in [0.2, 0.25) is 0 Å². The number of benzene rings is 1. The summed E-state index contributed by atoms with van der Waals surface area (Å²) >= 11 is 0. The van der Waals surface area contributed by atoms with E-state index >= 15 is 0 Å². The Bertz CT molecular complexity index is 612. The van der Waals surface area contributed by atoms with Crippen LogP contribution in [0.15, 0.2) is 36.7 Å².